The Morgan fingerprint density at radius 2 is 0.870 bits per heavy atom. The summed E-state index contributed by atoms with van der Waals surface area (Å²) in [6, 6.07) is 15.4. The van der Waals surface area contributed by atoms with Crippen LogP contribution in [0.25, 0.3) is 0 Å². The molecular weight excluding hydrogens is 647 g/mol. The first-order valence-electron chi connectivity index (χ1n) is 12.7. The Labute approximate surface area is 267 Å². The molecule has 4 rings (SSSR count). The van der Waals surface area contributed by atoms with Crippen molar-refractivity contribution in [3.8, 4) is 0 Å². The van der Waals surface area contributed by atoms with E-state index in [0.29, 0.717) is 23.3 Å². The Morgan fingerprint density at radius 1 is 0.543 bits per heavy atom. The van der Waals surface area contributed by atoms with Crippen LogP contribution in [0.5, 0.6) is 0 Å². The van der Waals surface area contributed by atoms with Crippen LogP contribution in [0.2, 0.25) is 0 Å². The van der Waals surface area contributed by atoms with E-state index in [0.717, 1.165) is 41.9 Å². The quantitative estimate of drug-likeness (QED) is 0.199. The molecule has 0 heterocycles. The van der Waals surface area contributed by atoms with Gasteiger partial charge in [-0.3, -0.25) is 50.0 Å². The number of carbonyl (C=O) groups is 2. The second kappa shape index (κ2) is 15.5. The normalized spacial score (nSPS) is 17.2. The summed E-state index contributed by atoms with van der Waals surface area (Å²) in [6.45, 7) is 0. The molecule has 0 bridgehead atoms. The van der Waals surface area contributed by atoms with Crippen LogP contribution in [0.15, 0.2) is 131 Å². The van der Waals surface area contributed by atoms with E-state index in [2.05, 4.69) is 10.6 Å². The number of ketones is 2. The van der Waals surface area contributed by atoms with Gasteiger partial charge in [0.25, 0.3) is 23.0 Å². The fourth-order valence-electron chi connectivity index (χ4n) is 4.39. The molecule has 17 nitrogen and oxygen atoms in total. The van der Waals surface area contributed by atoms with E-state index in [4.69, 9.17) is 3.67 Å². The molecule has 0 spiro atoms. The van der Waals surface area contributed by atoms with Crippen LogP contribution in [0, 0.1) is 40.5 Å². The van der Waals surface area contributed by atoms with Crippen molar-refractivity contribution in [2.45, 2.75) is 12.1 Å². The summed E-state index contributed by atoms with van der Waals surface area (Å²) in [7, 11) is 0. The van der Waals surface area contributed by atoms with E-state index >= 15 is 0 Å². The maximum absolute atomic E-state index is 12.8. The van der Waals surface area contributed by atoms with Crippen LogP contribution in [0.4, 0.5) is 0 Å². The number of hydrogen-bond acceptors (Lipinski definition) is 13. The molecule has 2 aromatic carbocycles. The molecule has 0 radical (unpaired) electrons. The molecule has 0 fully saturated rings. The summed E-state index contributed by atoms with van der Waals surface area (Å²) < 4.78 is 8.19. The Hall–Kier alpha value is -6.20. The molecule has 46 heavy (non-hydrogen) atoms. The zero-order valence-corrected chi connectivity index (χ0v) is 24.5. The number of benzene rings is 2. The van der Waals surface area contributed by atoms with Crippen molar-refractivity contribution >= 4 is 11.6 Å². The zero-order valence-electron chi connectivity index (χ0n) is 23.1. The van der Waals surface area contributed by atoms with Gasteiger partial charge in [-0.25, -0.2) is 0 Å². The third kappa shape index (κ3) is 8.04. The fraction of sp³-hybridized carbons (Fsp3) is 0.0714. The van der Waals surface area contributed by atoms with E-state index in [-0.39, 0.29) is 11.1 Å². The number of nitrogens with zero attached hydrogens (tertiary/aromatic N) is 4. The third-order valence-corrected chi connectivity index (χ3v) is 6.47. The second-order valence-electron chi connectivity index (χ2n) is 9.19. The van der Waals surface area contributed by atoms with E-state index in [1.165, 1.54) is 0 Å². The first-order chi connectivity index (χ1) is 22.0. The minimum atomic E-state index is -1.07. The third-order valence-electron chi connectivity index (χ3n) is 6.47. The predicted molar refractivity (Wildman–Crippen MR) is 152 cm³/mol. The van der Waals surface area contributed by atoms with Crippen LogP contribution in [0.3, 0.4) is 0 Å². The van der Waals surface area contributed by atoms with Crippen LogP contribution in [-0.2, 0) is 30.6 Å². The first kappa shape index (κ1) is 34.3. The topological polar surface area (TPSA) is 248 Å². The molecule has 0 amide bonds. The van der Waals surface area contributed by atoms with Gasteiger partial charge in [-0.1, -0.05) is 60.7 Å². The number of hydrogen-bond donors (Lipinski definition) is 2. The van der Waals surface area contributed by atoms with Gasteiger partial charge in [-0.2, -0.15) is 0 Å². The number of rotatable bonds is 11. The van der Waals surface area contributed by atoms with E-state index in [1.54, 1.807) is 60.7 Å². The van der Waals surface area contributed by atoms with Gasteiger partial charge in [0.05, 0.1) is 55.1 Å². The van der Waals surface area contributed by atoms with Crippen molar-refractivity contribution in [1.82, 2.24) is 10.6 Å². The van der Waals surface area contributed by atoms with Crippen molar-refractivity contribution < 1.29 is 50.3 Å². The molecule has 2 atom stereocenters. The number of Topliss-reactive ketones (excluding diaryl/α,β-unsaturated/α-hetero) is 2. The van der Waals surface area contributed by atoms with E-state index in [9.17, 15) is 50.0 Å². The van der Waals surface area contributed by atoms with Crippen molar-refractivity contribution in [1.29, 1.82) is 0 Å². The Kier molecular flexibility index (Phi) is 11.6. The van der Waals surface area contributed by atoms with Gasteiger partial charge in [-0.15, -0.1) is 0 Å². The Balaban J connectivity index is 0.00000282. The summed E-state index contributed by atoms with van der Waals surface area (Å²) >= 11 is 1.06. The van der Waals surface area contributed by atoms with Gasteiger partial charge < -0.3 is 10.6 Å². The summed E-state index contributed by atoms with van der Waals surface area (Å²) in [5, 5.41) is 51.6. The van der Waals surface area contributed by atoms with Gasteiger partial charge in [0.1, 0.15) is 0 Å². The molecule has 2 aliphatic rings. The summed E-state index contributed by atoms with van der Waals surface area (Å²) in [5.74, 6) is -2.15. The standard InChI is InChI=1S/C28H20N6O10.O.V/c35-27-19(11-21(31(37)38)13-23(27)33(41)42)15-29-25(17-7-3-1-4-8-17)26(18-9-5-2-6-10-18)30-16-20-12-22(32(39)40)14-24(28(20)36)34(43)44;;/h1-16,25-26,29-30H;;/b19-15-,20-16-;;. The van der Waals surface area contributed by atoms with Crippen molar-refractivity contribution in [3.63, 3.8) is 0 Å². The molecule has 0 saturated carbocycles. The summed E-state index contributed by atoms with van der Waals surface area (Å²) in [5.41, 5.74) is -2.94. The molecule has 18 heteroatoms. The average molecular weight is 667 g/mol. The number of carbonyl (C=O) groups excluding carboxylic acids is 2. The monoisotopic (exact) mass is 667 g/mol. The van der Waals surface area contributed by atoms with Gasteiger partial charge in [-0.05, 0) is 11.1 Å². The average Bonchev–Trinajstić information content (AvgIpc) is 3.05. The van der Waals surface area contributed by atoms with Crippen LogP contribution < -0.4 is 10.6 Å². The minimum absolute atomic E-state index is 0.376. The Morgan fingerprint density at radius 3 is 1.15 bits per heavy atom. The number of allylic oxidation sites excluding steroid dienone is 6. The van der Waals surface area contributed by atoms with Gasteiger partial charge in [0.15, 0.2) is 0 Å². The first-order valence-corrected chi connectivity index (χ1v) is 13.3. The van der Waals surface area contributed by atoms with Crippen molar-refractivity contribution in [2.75, 3.05) is 0 Å². The van der Waals surface area contributed by atoms with E-state index < -0.39 is 66.1 Å². The molecule has 2 N–H and O–H groups in total. The molecule has 2 aliphatic carbocycles. The van der Waals surface area contributed by atoms with Gasteiger partial charge in [0, 0.05) is 24.6 Å². The molecule has 0 saturated heterocycles. The maximum atomic E-state index is 12.8. The van der Waals surface area contributed by atoms with Gasteiger partial charge in [0.2, 0.25) is 0 Å². The fourth-order valence-corrected chi connectivity index (χ4v) is 4.39. The molecule has 2 unspecified atom stereocenters. The predicted octanol–water partition coefficient (Wildman–Crippen LogP) is 3.10. The molecular formula is C28H20N6O11V. The second-order valence-corrected chi connectivity index (χ2v) is 9.19. The number of nitro groups is 4. The Bertz CT molecular complexity index is 1650. The van der Waals surface area contributed by atoms with Crippen LogP contribution in [-0.4, -0.2) is 31.3 Å². The van der Waals surface area contributed by atoms with Gasteiger partial charge >= 0.3 is 32.4 Å². The molecule has 0 aliphatic heterocycles. The zero-order chi connectivity index (χ0) is 34.0. The van der Waals surface area contributed by atoms with Crippen molar-refractivity contribution in [2.24, 2.45) is 0 Å². The number of nitrogens with one attached hydrogen (secondary N) is 2. The molecule has 2 aromatic rings. The van der Waals surface area contributed by atoms with Crippen LogP contribution >= 0.6 is 0 Å². The SMILES string of the molecule is O=C1C([N+](=O)[O-])=CC([N+](=O)[O-])=C/C1=C/NC(c1ccccc1)C(N/C=C1/C=C([N+](=O)[O-])C=C([N+](=O)[O-])C1=O)c1ccccc1.[O]=[V]. The van der Waals surface area contributed by atoms with Crippen molar-refractivity contribution in [3.05, 3.63) is 183 Å². The summed E-state index contributed by atoms with van der Waals surface area (Å²) in [6.07, 6.45) is 5.08. The van der Waals surface area contributed by atoms with Crippen LogP contribution in [0.1, 0.15) is 23.2 Å². The van der Waals surface area contributed by atoms with E-state index in [1.807, 2.05) is 0 Å². The molecule has 0 aromatic heterocycles. The molecule has 233 valence electrons. The summed E-state index contributed by atoms with van der Waals surface area (Å²) in [4.78, 5) is 67.4.